The van der Waals surface area contributed by atoms with Crippen molar-refractivity contribution in [3.05, 3.63) is 0 Å². The lowest BCUT2D eigenvalue weighted by molar-refractivity contribution is -0.146. The van der Waals surface area contributed by atoms with Gasteiger partial charge in [0.15, 0.2) is 0 Å². The van der Waals surface area contributed by atoms with Crippen LogP contribution in [0, 0.1) is 5.41 Å². The molecule has 0 aromatic carbocycles. The molecule has 0 saturated heterocycles. The summed E-state index contributed by atoms with van der Waals surface area (Å²) in [5, 5.41) is 2.72. The van der Waals surface area contributed by atoms with Crippen LogP contribution in [-0.2, 0) is 14.3 Å². The van der Waals surface area contributed by atoms with Crippen molar-refractivity contribution in [2.24, 2.45) is 5.41 Å². The molecule has 0 bridgehead atoms. The Morgan fingerprint density at radius 3 is 1.77 bits per heavy atom. The number of ether oxygens (including phenoxy) is 2. The molecule has 0 saturated carbocycles. The molecule has 0 heterocycles. The van der Waals surface area contributed by atoms with Crippen molar-refractivity contribution < 1.29 is 19.1 Å². The van der Waals surface area contributed by atoms with Crippen LogP contribution >= 0.6 is 0 Å². The smallest absolute Gasteiger partial charge is 0.407 e. The Labute approximate surface area is 186 Å². The average molecular weight is 428 g/mol. The third kappa shape index (κ3) is 18.7. The molecule has 0 aliphatic carbocycles. The summed E-state index contributed by atoms with van der Waals surface area (Å²) in [6, 6.07) is -0.618. The number of hydrogen-bond acceptors (Lipinski definition) is 4. The SMILES string of the molecule is CCCCCCCCCCCOC(=O)C(CCCCCC)NC(=O)OCC(C)(C)C. The number of carbonyl (C=O) groups excluding carboxylic acids is 2. The highest BCUT2D eigenvalue weighted by molar-refractivity contribution is 5.81. The molecular formula is C25H49NO4. The third-order valence-electron chi connectivity index (χ3n) is 5.05. The monoisotopic (exact) mass is 427 g/mol. The minimum atomic E-state index is -0.618. The van der Waals surface area contributed by atoms with Crippen LogP contribution in [0.15, 0.2) is 0 Å². The number of hydrogen-bond donors (Lipinski definition) is 1. The van der Waals surface area contributed by atoms with E-state index in [-0.39, 0.29) is 11.4 Å². The Balaban J connectivity index is 4.15. The standard InChI is InChI=1S/C25H49NO4/c1-6-8-10-12-13-14-15-16-18-20-29-23(27)22(19-17-11-9-7-2)26-24(28)30-21-25(3,4)5/h22H,6-21H2,1-5H3,(H,26,28). The molecule has 0 aliphatic rings. The van der Waals surface area contributed by atoms with Crippen LogP contribution in [0.25, 0.3) is 0 Å². The fraction of sp³-hybridized carbons (Fsp3) is 0.920. The molecule has 5 heteroatoms. The molecule has 5 nitrogen and oxygen atoms in total. The fourth-order valence-electron chi connectivity index (χ4n) is 3.18. The molecule has 30 heavy (non-hydrogen) atoms. The van der Waals surface area contributed by atoms with Crippen molar-refractivity contribution in [1.82, 2.24) is 5.32 Å². The average Bonchev–Trinajstić information content (AvgIpc) is 2.69. The summed E-state index contributed by atoms with van der Waals surface area (Å²) in [5.74, 6) is -0.334. The van der Waals surface area contributed by atoms with Crippen LogP contribution in [0.1, 0.15) is 125 Å². The molecule has 178 valence electrons. The van der Waals surface area contributed by atoms with E-state index in [1.807, 2.05) is 20.8 Å². The van der Waals surface area contributed by atoms with Gasteiger partial charge in [-0.05, 0) is 18.3 Å². The van der Waals surface area contributed by atoms with Gasteiger partial charge >= 0.3 is 12.1 Å². The molecule has 1 unspecified atom stereocenters. The Bertz CT molecular complexity index is 431. The molecule has 0 aromatic heterocycles. The van der Waals surface area contributed by atoms with Gasteiger partial charge in [-0.1, -0.05) is 112 Å². The Morgan fingerprint density at radius 2 is 1.23 bits per heavy atom. The zero-order valence-electron chi connectivity index (χ0n) is 20.5. The van der Waals surface area contributed by atoms with Crippen molar-refractivity contribution in [1.29, 1.82) is 0 Å². The number of unbranched alkanes of at least 4 members (excludes halogenated alkanes) is 11. The van der Waals surface area contributed by atoms with Gasteiger partial charge in [0.1, 0.15) is 6.04 Å². The zero-order chi connectivity index (χ0) is 22.7. The Hall–Kier alpha value is -1.26. The molecule has 0 radical (unpaired) electrons. The molecule has 0 spiro atoms. The first kappa shape index (κ1) is 28.7. The summed E-state index contributed by atoms with van der Waals surface area (Å²) < 4.78 is 10.7. The maximum absolute atomic E-state index is 12.5. The number of nitrogens with one attached hydrogen (secondary N) is 1. The third-order valence-corrected chi connectivity index (χ3v) is 5.05. The minimum absolute atomic E-state index is 0.107. The van der Waals surface area contributed by atoms with E-state index in [2.05, 4.69) is 19.2 Å². The second-order valence-corrected chi connectivity index (χ2v) is 9.68. The zero-order valence-corrected chi connectivity index (χ0v) is 20.5. The van der Waals surface area contributed by atoms with Gasteiger partial charge in [-0.15, -0.1) is 0 Å². The maximum Gasteiger partial charge on any atom is 0.407 e. The van der Waals surface area contributed by atoms with E-state index in [0.29, 0.717) is 19.6 Å². The van der Waals surface area contributed by atoms with Gasteiger partial charge in [0.05, 0.1) is 13.2 Å². The van der Waals surface area contributed by atoms with Gasteiger partial charge in [0, 0.05) is 0 Å². The first-order valence-electron chi connectivity index (χ1n) is 12.4. The van der Waals surface area contributed by atoms with Gasteiger partial charge in [-0.2, -0.15) is 0 Å². The molecule has 1 N–H and O–H groups in total. The van der Waals surface area contributed by atoms with Crippen molar-refractivity contribution in [3.8, 4) is 0 Å². The van der Waals surface area contributed by atoms with E-state index in [1.54, 1.807) is 0 Å². The number of esters is 1. The number of carbonyl (C=O) groups is 2. The van der Waals surface area contributed by atoms with Crippen molar-refractivity contribution in [3.63, 3.8) is 0 Å². The highest BCUT2D eigenvalue weighted by Gasteiger charge is 2.23. The Kier molecular flexibility index (Phi) is 17.7. The van der Waals surface area contributed by atoms with E-state index in [9.17, 15) is 9.59 Å². The highest BCUT2D eigenvalue weighted by Crippen LogP contribution is 2.14. The quantitative estimate of drug-likeness (QED) is 0.186. The van der Waals surface area contributed by atoms with E-state index in [0.717, 1.165) is 38.5 Å². The molecule has 0 aromatic rings. The number of rotatable bonds is 18. The largest absolute Gasteiger partial charge is 0.464 e. The summed E-state index contributed by atoms with van der Waals surface area (Å²) in [6.07, 6.45) is 15.3. The first-order valence-corrected chi connectivity index (χ1v) is 12.4. The van der Waals surface area contributed by atoms with Gasteiger partial charge in [-0.25, -0.2) is 9.59 Å². The summed E-state index contributed by atoms with van der Waals surface area (Å²) in [7, 11) is 0. The van der Waals surface area contributed by atoms with E-state index < -0.39 is 12.1 Å². The predicted molar refractivity (Wildman–Crippen MR) is 125 cm³/mol. The fourth-order valence-corrected chi connectivity index (χ4v) is 3.18. The van der Waals surface area contributed by atoms with Gasteiger partial charge < -0.3 is 14.8 Å². The molecule has 0 fully saturated rings. The van der Waals surface area contributed by atoms with Crippen LogP contribution in [0.4, 0.5) is 4.79 Å². The number of alkyl carbamates (subject to hydrolysis) is 1. The van der Waals surface area contributed by atoms with Crippen molar-refractivity contribution in [2.75, 3.05) is 13.2 Å². The van der Waals surface area contributed by atoms with Crippen molar-refractivity contribution >= 4 is 12.1 Å². The van der Waals surface area contributed by atoms with Crippen LogP contribution in [0.2, 0.25) is 0 Å². The van der Waals surface area contributed by atoms with Crippen LogP contribution < -0.4 is 5.32 Å². The minimum Gasteiger partial charge on any atom is -0.464 e. The normalized spacial score (nSPS) is 12.4. The lowest BCUT2D eigenvalue weighted by atomic mass is 9.99. The lowest BCUT2D eigenvalue weighted by Crippen LogP contribution is -2.43. The molecule has 0 aliphatic heterocycles. The maximum atomic E-state index is 12.5. The molecular weight excluding hydrogens is 378 g/mol. The Morgan fingerprint density at radius 1 is 0.733 bits per heavy atom. The lowest BCUT2D eigenvalue weighted by Gasteiger charge is -2.21. The summed E-state index contributed by atoms with van der Waals surface area (Å²) in [4.78, 5) is 24.6. The first-order chi connectivity index (χ1) is 14.3. The van der Waals surface area contributed by atoms with Crippen LogP contribution in [0.5, 0.6) is 0 Å². The second kappa shape index (κ2) is 18.5. The van der Waals surface area contributed by atoms with Gasteiger partial charge in [0.25, 0.3) is 0 Å². The van der Waals surface area contributed by atoms with Crippen molar-refractivity contribution in [2.45, 2.75) is 131 Å². The van der Waals surface area contributed by atoms with Gasteiger partial charge in [-0.3, -0.25) is 0 Å². The van der Waals surface area contributed by atoms with Gasteiger partial charge in [0.2, 0.25) is 0 Å². The topological polar surface area (TPSA) is 64.6 Å². The predicted octanol–water partition coefficient (Wildman–Crippen LogP) is 7.17. The highest BCUT2D eigenvalue weighted by atomic mass is 16.6. The van der Waals surface area contributed by atoms with E-state index in [1.165, 1.54) is 44.9 Å². The summed E-state index contributed by atoms with van der Waals surface area (Å²) in [5.41, 5.74) is -0.107. The molecule has 1 amide bonds. The summed E-state index contributed by atoms with van der Waals surface area (Å²) in [6.45, 7) is 11.1. The van der Waals surface area contributed by atoms with E-state index in [4.69, 9.17) is 9.47 Å². The van der Waals surface area contributed by atoms with E-state index >= 15 is 0 Å². The molecule has 1 atom stereocenters. The molecule has 0 rings (SSSR count). The second-order valence-electron chi connectivity index (χ2n) is 9.68. The van der Waals surface area contributed by atoms with Crippen LogP contribution in [0.3, 0.4) is 0 Å². The summed E-state index contributed by atoms with van der Waals surface area (Å²) >= 11 is 0. The van der Waals surface area contributed by atoms with Crippen LogP contribution in [-0.4, -0.2) is 31.3 Å². The number of amides is 1.